The van der Waals surface area contributed by atoms with Crippen LogP contribution in [0.25, 0.3) is 22.7 Å². The highest BCUT2D eigenvalue weighted by Crippen LogP contribution is 2.34. The largest absolute Gasteiger partial charge is 0.507 e. The van der Waals surface area contributed by atoms with E-state index in [0.717, 1.165) is 30.0 Å². The minimum Gasteiger partial charge on any atom is -0.507 e. The molecular formula is C22H25N5O2. The number of aryl methyl sites for hydroxylation is 1. The molecule has 0 aliphatic carbocycles. The van der Waals surface area contributed by atoms with Crippen molar-refractivity contribution < 1.29 is 9.52 Å². The molecule has 3 atom stereocenters. The lowest BCUT2D eigenvalue weighted by Gasteiger charge is -2.36. The molecule has 0 spiro atoms. The van der Waals surface area contributed by atoms with Gasteiger partial charge in [-0.25, -0.2) is 4.98 Å². The Morgan fingerprint density at radius 3 is 2.52 bits per heavy atom. The normalized spacial score (nSPS) is 23.3. The van der Waals surface area contributed by atoms with E-state index in [2.05, 4.69) is 32.4 Å². The Kier molecular flexibility index (Phi) is 4.47. The first-order valence-corrected chi connectivity index (χ1v) is 10.2. The molecule has 4 heterocycles. The molecule has 2 N–H and O–H groups in total. The molecular weight excluding hydrogens is 366 g/mol. The summed E-state index contributed by atoms with van der Waals surface area (Å²) in [5.74, 6) is 2.22. The van der Waals surface area contributed by atoms with Gasteiger partial charge in [0.25, 0.3) is 0 Å². The van der Waals surface area contributed by atoms with Gasteiger partial charge in [0.1, 0.15) is 11.5 Å². The average Bonchev–Trinajstić information content (AvgIpc) is 3.32. The Morgan fingerprint density at radius 2 is 1.90 bits per heavy atom. The third kappa shape index (κ3) is 3.46. The number of hydrogen-bond donors (Lipinski definition) is 2. The number of oxazole rings is 1. The van der Waals surface area contributed by atoms with Crippen LogP contribution >= 0.6 is 0 Å². The first-order chi connectivity index (χ1) is 14.1. The van der Waals surface area contributed by atoms with E-state index in [0.29, 0.717) is 35.3 Å². The van der Waals surface area contributed by atoms with Crippen LogP contribution in [0.3, 0.4) is 0 Å². The Labute approximate surface area is 169 Å². The number of nitrogens with one attached hydrogen (secondary N) is 1. The fourth-order valence-electron chi connectivity index (χ4n) is 4.56. The number of fused-ring (bicyclic) bond motifs is 2. The number of aromatic hydroxyl groups is 1. The summed E-state index contributed by atoms with van der Waals surface area (Å²) in [6.45, 7) is 1.84. The quantitative estimate of drug-likeness (QED) is 0.703. The molecule has 1 aromatic carbocycles. The summed E-state index contributed by atoms with van der Waals surface area (Å²) in [4.78, 5) is 6.45. The van der Waals surface area contributed by atoms with Crippen molar-refractivity contribution in [1.29, 1.82) is 0 Å². The summed E-state index contributed by atoms with van der Waals surface area (Å²) in [7, 11) is 2.10. The second-order valence-electron chi connectivity index (χ2n) is 8.16. The summed E-state index contributed by atoms with van der Waals surface area (Å²) in [6.07, 6.45) is 6.52. The molecule has 150 valence electrons. The summed E-state index contributed by atoms with van der Waals surface area (Å²) in [6, 6.07) is 11.0. The third-order valence-corrected chi connectivity index (χ3v) is 6.15. The van der Waals surface area contributed by atoms with E-state index < -0.39 is 0 Å². The zero-order valence-corrected chi connectivity index (χ0v) is 16.7. The predicted molar refractivity (Wildman–Crippen MR) is 111 cm³/mol. The molecule has 0 radical (unpaired) electrons. The molecule has 0 saturated carbocycles. The Bertz CT molecular complexity index is 1000. The lowest BCUT2D eigenvalue weighted by molar-refractivity contribution is 0.353. The molecule has 2 bridgehead atoms. The van der Waals surface area contributed by atoms with Gasteiger partial charge in [0, 0.05) is 36.3 Å². The van der Waals surface area contributed by atoms with E-state index >= 15 is 0 Å². The maximum absolute atomic E-state index is 10.5. The van der Waals surface area contributed by atoms with Crippen LogP contribution in [0.2, 0.25) is 0 Å². The first kappa shape index (κ1) is 18.1. The minimum atomic E-state index is 0.128. The molecule has 1 unspecified atom stereocenters. The van der Waals surface area contributed by atoms with Crippen molar-refractivity contribution in [2.24, 2.45) is 0 Å². The van der Waals surface area contributed by atoms with Crippen LogP contribution in [0.15, 0.2) is 40.9 Å². The van der Waals surface area contributed by atoms with Crippen molar-refractivity contribution >= 4 is 5.82 Å². The van der Waals surface area contributed by atoms with Crippen LogP contribution in [-0.2, 0) is 0 Å². The van der Waals surface area contributed by atoms with Gasteiger partial charge in [0.05, 0.1) is 11.9 Å². The highest BCUT2D eigenvalue weighted by Gasteiger charge is 2.35. The molecule has 2 saturated heterocycles. The van der Waals surface area contributed by atoms with Crippen LogP contribution in [-0.4, -0.2) is 45.5 Å². The molecule has 29 heavy (non-hydrogen) atoms. The van der Waals surface area contributed by atoms with E-state index in [4.69, 9.17) is 4.42 Å². The fourth-order valence-corrected chi connectivity index (χ4v) is 4.56. The molecule has 5 rings (SSSR count). The number of phenols is 1. The Balaban J connectivity index is 1.34. The van der Waals surface area contributed by atoms with Crippen LogP contribution in [0, 0.1) is 6.92 Å². The summed E-state index contributed by atoms with van der Waals surface area (Å²) >= 11 is 0. The smallest absolute Gasteiger partial charge is 0.226 e. The van der Waals surface area contributed by atoms with Crippen molar-refractivity contribution in [1.82, 2.24) is 20.5 Å². The molecule has 7 nitrogen and oxygen atoms in total. The van der Waals surface area contributed by atoms with Gasteiger partial charge in [-0.05, 0) is 62.9 Å². The van der Waals surface area contributed by atoms with Gasteiger partial charge in [-0.3, -0.25) is 0 Å². The molecule has 3 aromatic rings. The van der Waals surface area contributed by atoms with Gasteiger partial charge in [-0.15, -0.1) is 10.2 Å². The molecule has 7 heteroatoms. The monoisotopic (exact) mass is 391 g/mol. The number of rotatable bonds is 4. The highest BCUT2D eigenvalue weighted by atomic mass is 16.4. The highest BCUT2D eigenvalue weighted by molar-refractivity contribution is 5.71. The molecule has 2 aliphatic rings. The number of anilines is 1. The van der Waals surface area contributed by atoms with Crippen molar-refractivity contribution in [2.75, 3.05) is 11.9 Å². The van der Waals surface area contributed by atoms with Crippen molar-refractivity contribution in [2.45, 2.75) is 50.7 Å². The molecule has 2 aliphatic heterocycles. The topological polar surface area (TPSA) is 87.3 Å². The number of aromatic nitrogens is 3. The van der Waals surface area contributed by atoms with E-state index in [1.165, 1.54) is 12.8 Å². The zero-order valence-electron chi connectivity index (χ0n) is 16.7. The van der Waals surface area contributed by atoms with Gasteiger partial charge in [0.15, 0.2) is 5.82 Å². The van der Waals surface area contributed by atoms with Crippen molar-refractivity contribution in [3.63, 3.8) is 0 Å². The van der Waals surface area contributed by atoms with Gasteiger partial charge in [-0.1, -0.05) is 0 Å². The lowest BCUT2D eigenvalue weighted by atomic mass is 9.98. The van der Waals surface area contributed by atoms with Gasteiger partial charge in [0.2, 0.25) is 5.89 Å². The summed E-state index contributed by atoms with van der Waals surface area (Å²) in [5.41, 5.74) is 2.00. The molecule has 2 aromatic heterocycles. The first-order valence-electron chi connectivity index (χ1n) is 10.2. The number of piperidine rings is 1. The number of benzene rings is 1. The predicted octanol–water partition coefficient (Wildman–Crippen LogP) is 3.53. The van der Waals surface area contributed by atoms with Gasteiger partial charge >= 0.3 is 0 Å². The van der Waals surface area contributed by atoms with Gasteiger partial charge < -0.3 is 19.7 Å². The zero-order chi connectivity index (χ0) is 20.0. The van der Waals surface area contributed by atoms with Crippen LogP contribution in [0.4, 0.5) is 5.82 Å². The van der Waals surface area contributed by atoms with Crippen molar-refractivity contribution in [3.8, 4) is 28.5 Å². The van der Waals surface area contributed by atoms with Crippen LogP contribution in [0.5, 0.6) is 5.75 Å². The standard InChI is InChI=1S/C22H25N5O2/c1-13-12-23-22(29-13)14-3-6-18(20(28)9-14)19-7-8-21(26-25-19)27(2)17-10-15-4-5-16(11-17)24-15/h3,6-9,12,15-17,24,28H,4-5,10-11H2,1-2H3/t15-,16+,17?. The van der Waals surface area contributed by atoms with Gasteiger partial charge in [-0.2, -0.15) is 0 Å². The average molecular weight is 391 g/mol. The SMILES string of the molecule is Cc1cnc(-c2ccc(-c3ccc(N(C)C4C[C@H]5CC[C@@H](C4)N5)nn3)c(O)c2)o1. The van der Waals surface area contributed by atoms with Crippen molar-refractivity contribution in [3.05, 3.63) is 42.3 Å². The number of hydrogen-bond acceptors (Lipinski definition) is 7. The summed E-state index contributed by atoms with van der Waals surface area (Å²) < 4.78 is 5.53. The third-order valence-electron chi connectivity index (χ3n) is 6.15. The number of nitrogens with zero attached hydrogens (tertiary/aromatic N) is 4. The Morgan fingerprint density at radius 1 is 1.10 bits per heavy atom. The van der Waals surface area contributed by atoms with E-state index in [9.17, 15) is 5.11 Å². The maximum Gasteiger partial charge on any atom is 0.226 e. The lowest BCUT2D eigenvalue weighted by Crippen LogP contribution is -2.47. The maximum atomic E-state index is 10.5. The second-order valence-corrected chi connectivity index (χ2v) is 8.16. The summed E-state index contributed by atoms with van der Waals surface area (Å²) in [5, 5.41) is 23.0. The van der Waals surface area contributed by atoms with Crippen LogP contribution in [0.1, 0.15) is 31.4 Å². The molecule has 0 amide bonds. The number of phenolic OH excluding ortho intramolecular Hbond substituents is 1. The van der Waals surface area contributed by atoms with E-state index in [1.54, 1.807) is 12.3 Å². The van der Waals surface area contributed by atoms with E-state index in [1.807, 2.05) is 31.2 Å². The molecule has 2 fully saturated rings. The van der Waals surface area contributed by atoms with E-state index in [-0.39, 0.29) is 5.75 Å². The second kappa shape index (κ2) is 7.15. The fraction of sp³-hybridized carbons (Fsp3) is 0.409. The Hall–Kier alpha value is -2.93. The van der Waals surface area contributed by atoms with Crippen LogP contribution < -0.4 is 10.2 Å². The minimum absolute atomic E-state index is 0.128.